The Morgan fingerprint density at radius 1 is 1.14 bits per heavy atom. The first-order chi connectivity index (χ1) is 10.5. The van der Waals surface area contributed by atoms with Crippen LogP contribution in [0.2, 0.25) is 0 Å². The van der Waals surface area contributed by atoms with Crippen LogP contribution >= 0.6 is 0 Å². The van der Waals surface area contributed by atoms with E-state index in [1.54, 1.807) is 16.8 Å². The molecule has 3 rings (SSSR count). The lowest BCUT2D eigenvalue weighted by atomic mass is 10.1. The number of fused-ring (bicyclic) bond motifs is 1. The number of nitrogens with zero attached hydrogens (tertiary/aromatic N) is 2. The fourth-order valence-electron chi connectivity index (χ4n) is 2.40. The van der Waals surface area contributed by atoms with E-state index in [0.717, 1.165) is 16.5 Å². The van der Waals surface area contributed by atoms with E-state index in [2.05, 4.69) is 9.82 Å². The van der Waals surface area contributed by atoms with E-state index in [1.165, 1.54) is 6.20 Å². The summed E-state index contributed by atoms with van der Waals surface area (Å²) in [5, 5.41) is 6.06. The number of benzene rings is 2. The maximum Gasteiger partial charge on any atom is 0.262 e. The first kappa shape index (κ1) is 14.6. The van der Waals surface area contributed by atoms with Crippen LogP contribution in [0.1, 0.15) is 12.6 Å². The van der Waals surface area contributed by atoms with Crippen molar-refractivity contribution >= 4 is 26.5 Å². The lowest BCUT2D eigenvalue weighted by molar-refractivity contribution is 0.601. The van der Waals surface area contributed by atoms with Crippen LogP contribution < -0.4 is 4.72 Å². The van der Waals surface area contributed by atoms with Crippen molar-refractivity contribution < 1.29 is 8.42 Å². The van der Waals surface area contributed by atoms with E-state index in [1.807, 2.05) is 44.2 Å². The number of hydrogen-bond acceptors (Lipinski definition) is 3. The molecular weight excluding hydrogens is 298 g/mol. The molecule has 0 fully saturated rings. The largest absolute Gasteiger partial charge is 0.276 e. The molecule has 0 aliphatic rings. The van der Waals surface area contributed by atoms with E-state index in [0.29, 0.717) is 12.2 Å². The zero-order valence-electron chi connectivity index (χ0n) is 12.4. The van der Waals surface area contributed by atoms with E-state index >= 15 is 0 Å². The van der Waals surface area contributed by atoms with Gasteiger partial charge in [-0.1, -0.05) is 30.3 Å². The molecule has 1 aromatic heterocycles. The molecule has 0 amide bonds. The highest BCUT2D eigenvalue weighted by Gasteiger charge is 2.17. The highest BCUT2D eigenvalue weighted by Crippen LogP contribution is 2.22. The van der Waals surface area contributed by atoms with E-state index in [9.17, 15) is 8.42 Å². The topological polar surface area (TPSA) is 64.0 Å². The lowest BCUT2D eigenvalue weighted by Crippen LogP contribution is -2.13. The van der Waals surface area contributed by atoms with Crippen LogP contribution in [0.4, 0.5) is 5.69 Å². The van der Waals surface area contributed by atoms with Gasteiger partial charge in [0.1, 0.15) is 0 Å². The van der Waals surface area contributed by atoms with Crippen LogP contribution in [0.5, 0.6) is 0 Å². The third-order valence-electron chi connectivity index (χ3n) is 3.68. The van der Waals surface area contributed by atoms with Crippen LogP contribution in [0.25, 0.3) is 10.8 Å². The fraction of sp³-hybridized carbons (Fsp3) is 0.188. The van der Waals surface area contributed by atoms with E-state index in [-0.39, 0.29) is 4.90 Å². The van der Waals surface area contributed by atoms with Crippen LogP contribution in [0.3, 0.4) is 0 Å². The summed E-state index contributed by atoms with van der Waals surface area (Å²) < 4.78 is 29.5. The molecule has 0 unspecified atom stereocenters. The molecule has 1 heterocycles. The van der Waals surface area contributed by atoms with E-state index < -0.39 is 10.0 Å². The summed E-state index contributed by atoms with van der Waals surface area (Å²) in [6, 6.07) is 12.8. The van der Waals surface area contributed by atoms with Crippen LogP contribution in [0.15, 0.2) is 53.6 Å². The summed E-state index contributed by atoms with van der Waals surface area (Å²) in [6.45, 7) is 4.50. The van der Waals surface area contributed by atoms with Crippen molar-refractivity contribution in [3.8, 4) is 0 Å². The highest BCUT2D eigenvalue weighted by atomic mass is 32.2. The average Bonchev–Trinajstić information content (AvgIpc) is 2.86. The van der Waals surface area contributed by atoms with Gasteiger partial charge in [0.25, 0.3) is 10.0 Å². The summed E-state index contributed by atoms with van der Waals surface area (Å²) in [6.07, 6.45) is 1.54. The second kappa shape index (κ2) is 5.46. The molecule has 5 nitrogen and oxygen atoms in total. The molecular formula is C16H17N3O2S. The first-order valence-electron chi connectivity index (χ1n) is 7.05. The number of nitrogens with one attached hydrogen (secondary N) is 1. The Labute approximate surface area is 129 Å². The van der Waals surface area contributed by atoms with Gasteiger partial charge in [0, 0.05) is 6.54 Å². The fourth-order valence-corrected chi connectivity index (χ4v) is 3.54. The van der Waals surface area contributed by atoms with Crippen LogP contribution in [0, 0.1) is 6.92 Å². The van der Waals surface area contributed by atoms with Gasteiger partial charge in [-0.05, 0) is 36.8 Å². The average molecular weight is 315 g/mol. The molecule has 0 spiro atoms. The Morgan fingerprint density at radius 2 is 1.86 bits per heavy atom. The minimum atomic E-state index is -3.63. The van der Waals surface area contributed by atoms with Gasteiger partial charge < -0.3 is 0 Å². The Bertz CT molecular complexity index is 929. The van der Waals surface area contributed by atoms with Crippen molar-refractivity contribution in [2.24, 2.45) is 0 Å². The lowest BCUT2D eigenvalue weighted by Gasteiger charge is -2.09. The molecule has 1 N–H and O–H groups in total. The quantitative estimate of drug-likeness (QED) is 0.804. The SMILES string of the molecule is CCn1ncc(NS(=O)(=O)c2ccc3ccccc3c2)c1C. The number of sulfonamides is 1. The van der Waals surface area contributed by atoms with Crippen molar-refractivity contribution in [2.45, 2.75) is 25.3 Å². The molecule has 114 valence electrons. The van der Waals surface area contributed by atoms with Gasteiger partial charge in [0.05, 0.1) is 22.5 Å². The van der Waals surface area contributed by atoms with Crippen LogP contribution in [-0.4, -0.2) is 18.2 Å². The molecule has 22 heavy (non-hydrogen) atoms. The van der Waals surface area contributed by atoms with Gasteiger partial charge >= 0.3 is 0 Å². The molecule has 2 aromatic carbocycles. The zero-order valence-corrected chi connectivity index (χ0v) is 13.3. The number of hydrogen-bond donors (Lipinski definition) is 1. The molecule has 0 atom stereocenters. The van der Waals surface area contributed by atoms with Gasteiger partial charge in [0.2, 0.25) is 0 Å². The van der Waals surface area contributed by atoms with Gasteiger partial charge in [-0.2, -0.15) is 5.10 Å². The minimum absolute atomic E-state index is 0.245. The van der Waals surface area contributed by atoms with Crippen molar-refractivity contribution in [1.29, 1.82) is 0 Å². The van der Waals surface area contributed by atoms with Crippen molar-refractivity contribution in [3.63, 3.8) is 0 Å². The number of aromatic nitrogens is 2. The molecule has 6 heteroatoms. The molecule has 0 radical (unpaired) electrons. The Balaban J connectivity index is 1.98. The molecule has 0 aliphatic carbocycles. The number of anilines is 1. The van der Waals surface area contributed by atoms with Crippen molar-refractivity contribution in [3.05, 3.63) is 54.4 Å². The standard InChI is InChI=1S/C16H17N3O2S/c1-3-19-12(2)16(11-17-19)18-22(20,21)15-9-8-13-6-4-5-7-14(13)10-15/h4-11,18H,3H2,1-2H3. The Hall–Kier alpha value is -2.34. The first-order valence-corrected chi connectivity index (χ1v) is 8.53. The second-order valence-electron chi connectivity index (χ2n) is 5.07. The molecule has 0 saturated heterocycles. The maximum atomic E-state index is 12.5. The predicted octanol–water partition coefficient (Wildman–Crippen LogP) is 3.17. The summed E-state index contributed by atoms with van der Waals surface area (Å²) in [4.78, 5) is 0.245. The minimum Gasteiger partial charge on any atom is -0.276 e. The molecule has 3 aromatic rings. The number of rotatable bonds is 4. The van der Waals surface area contributed by atoms with E-state index in [4.69, 9.17) is 0 Å². The molecule has 0 bridgehead atoms. The number of aryl methyl sites for hydroxylation is 1. The normalized spacial score (nSPS) is 11.7. The Kier molecular flexibility index (Phi) is 3.62. The smallest absolute Gasteiger partial charge is 0.262 e. The summed E-state index contributed by atoms with van der Waals surface area (Å²) in [7, 11) is -3.63. The van der Waals surface area contributed by atoms with Gasteiger partial charge in [-0.15, -0.1) is 0 Å². The molecule has 0 saturated carbocycles. The van der Waals surface area contributed by atoms with Crippen molar-refractivity contribution in [1.82, 2.24) is 9.78 Å². The summed E-state index contributed by atoms with van der Waals surface area (Å²) in [5.74, 6) is 0. The third kappa shape index (κ3) is 2.57. The molecule has 0 aliphatic heterocycles. The van der Waals surface area contributed by atoms with Gasteiger partial charge in [-0.3, -0.25) is 9.40 Å². The van der Waals surface area contributed by atoms with Crippen LogP contribution in [-0.2, 0) is 16.6 Å². The monoisotopic (exact) mass is 315 g/mol. The van der Waals surface area contributed by atoms with Gasteiger partial charge in [-0.25, -0.2) is 8.42 Å². The second-order valence-corrected chi connectivity index (χ2v) is 6.76. The summed E-state index contributed by atoms with van der Waals surface area (Å²) >= 11 is 0. The zero-order chi connectivity index (χ0) is 15.7. The maximum absolute atomic E-state index is 12.5. The van der Waals surface area contributed by atoms with Crippen molar-refractivity contribution in [2.75, 3.05) is 4.72 Å². The third-order valence-corrected chi connectivity index (χ3v) is 5.04. The van der Waals surface area contributed by atoms with Gasteiger partial charge in [0.15, 0.2) is 0 Å². The predicted molar refractivity (Wildman–Crippen MR) is 87.4 cm³/mol. The Morgan fingerprint density at radius 3 is 2.55 bits per heavy atom. The summed E-state index contributed by atoms with van der Waals surface area (Å²) in [5.41, 5.74) is 1.31. The highest BCUT2D eigenvalue weighted by molar-refractivity contribution is 7.92.